The van der Waals surface area contributed by atoms with Gasteiger partial charge >= 0.3 is 12.2 Å². The van der Waals surface area contributed by atoms with Gasteiger partial charge in [-0.05, 0) is 32.1 Å². The Kier molecular flexibility index (Phi) is 6.90. The van der Waals surface area contributed by atoms with Crippen LogP contribution >= 0.6 is 22.9 Å². The third-order valence-electron chi connectivity index (χ3n) is 4.79. The van der Waals surface area contributed by atoms with Gasteiger partial charge < -0.3 is 9.80 Å². The molecule has 11 heteroatoms. The van der Waals surface area contributed by atoms with Gasteiger partial charge in [-0.1, -0.05) is 35.6 Å². The lowest BCUT2D eigenvalue weighted by Gasteiger charge is -2.40. The second-order valence-corrected chi connectivity index (χ2v) is 8.46. The third-order valence-corrected chi connectivity index (χ3v) is 6.07. The van der Waals surface area contributed by atoms with Crippen LogP contribution in [-0.4, -0.2) is 46.6 Å². The minimum atomic E-state index is -4.50. The number of urea groups is 1. The molecule has 3 rings (SSSR count). The molecule has 0 saturated carbocycles. The fraction of sp³-hybridized carbons (Fsp3) is 0.350. The van der Waals surface area contributed by atoms with Gasteiger partial charge in [0.25, 0.3) is 0 Å². The average Bonchev–Trinajstić information content (AvgIpc) is 3.05. The van der Waals surface area contributed by atoms with Crippen LogP contribution in [0, 0.1) is 6.92 Å². The zero-order valence-electron chi connectivity index (χ0n) is 16.9. The number of amides is 2. The van der Waals surface area contributed by atoms with Crippen molar-refractivity contribution in [2.24, 2.45) is 0 Å². The molecule has 1 saturated heterocycles. The molecule has 1 aliphatic rings. The van der Waals surface area contributed by atoms with Crippen molar-refractivity contribution in [3.05, 3.63) is 52.2 Å². The Hall–Kier alpha value is -2.59. The molecule has 0 bridgehead atoms. The fourth-order valence-electron chi connectivity index (χ4n) is 3.26. The quantitative estimate of drug-likeness (QED) is 0.609. The van der Waals surface area contributed by atoms with Crippen LogP contribution in [0.15, 0.2) is 36.0 Å². The maximum atomic E-state index is 13.3. The van der Waals surface area contributed by atoms with Crippen LogP contribution in [0.3, 0.4) is 0 Å². The molecule has 6 nitrogen and oxygen atoms in total. The minimum absolute atomic E-state index is 0.118. The van der Waals surface area contributed by atoms with Crippen molar-refractivity contribution >= 4 is 46.0 Å². The van der Waals surface area contributed by atoms with E-state index >= 15 is 0 Å². The van der Waals surface area contributed by atoms with E-state index in [0.717, 1.165) is 10.9 Å². The van der Waals surface area contributed by atoms with Crippen LogP contribution in [0.1, 0.15) is 23.1 Å². The monoisotopic (exact) mass is 471 g/mol. The lowest BCUT2D eigenvalue weighted by Crippen LogP contribution is -2.55. The molecule has 0 radical (unpaired) electrons. The summed E-state index contributed by atoms with van der Waals surface area (Å²) in [5.74, 6) is -0.118. The van der Waals surface area contributed by atoms with Crippen LogP contribution in [0.4, 0.5) is 28.9 Å². The van der Waals surface area contributed by atoms with Gasteiger partial charge in [0.2, 0.25) is 0 Å². The van der Waals surface area contributed by atoms with E-state index in [1.807, 2.05) is 0 Å². The first-order valence-electron chi connectivity index (χ1n) is 9.42. The van der Waals surface area contributed by atoms with Crippen molar-refractivity contribution in [2.75, 3.05) is 29.9 Å². The lowest BCUT2D eigenvalue weighted by molar-refractivity contribution is -0.137. The van der Waals surface area contributed by atoms with Crippen molar-refractivity contribution in [2.45, 2.75) is 26.1 Å². The van der Waals surface area contributed by atoms with E-state index in [0.29, 0.717) is 15.9 Å². The van der Waals surface area contributed by atoms with Crippen molar-refractivity contribution in [3.8, 4) is 0 Å². The number of nitrogens with zero attached hydrogens (tertiary/aromatic N) is 4. The van der Waals surface area contributed by atoms with E-state index in [1.54, 1.807) is 29.7 Å². The van der Waals surface area contributed by atoms with Crippen LogP contribution in [0.5, 0.6) is 0 Å². The third kappa shape index (κ3) is 5.37. The molecule has 2 aromatic rings. The van der Waals surface area contributed by atoms with Gasteiger partial charge in [-0.25, -0.2) is 14.8 Å². The predicted molar refractivity (Wildman–Crippen MR) is 118 cm³/mol. The highest BCUT2D eigenvalue weighted by atomic mass is 35.5. The van der Waals surface area contributed by atoms with Crippen LogP contribution < -0.4 is 10.2 Å². The molecule has 1 fully saturated rings. The number of rotatable bonds is 4. The van der Waals surface area contributed by atoms with Crippen molar-refractivity contribution in [1.29, 1.82) is 0 Å². The number of nitrogens with one attached hydrogen (secondary N) is 1. The van der Waals surface area contributed by atoms with E-state index in [9.17, 15) is 18.0 Å². The molecule has 2 amide bonds. The molecule has 31 heavy (non-hydrogen) atoms. The van der Waals surface area contributed by atoms with Gasteiger partial charge in [0, 0.05) is 36.9 Å². The Bertz CT molecular complexity index is 1010. The average molecular weight is 472 g/mol. The summed E-state index contributed by atoms with van der Waals surface area (Å²) in [6.07, 6.45) is 0.0596. The highest BCUT2D eigenvalue weighted by Gasteiger charge is 2.37. The maximum absolute atomic E-state index is 13.3. The second kappa shape index (κ2) is 9.27. The summed E-state index contributed by atoms with van der Waals surface area (Å²) in [5.41, 5.74) is -0.0647. The SMILES string of the molecule is C=C/C(Cl)=C\c1sc(NC(=O)N2CCN(c3ncccc3C(F)(F)F)CC2C)nc1C. The van der Waals surface area contributed by atoms with Gasteiger partial charge in [-0.15, -0.1) is 0 Å². The number of aromatic nitrogens is 2. The molecule has 0 aliphatic carbocycles. The molecule has 2 aromatic heterocycles. The summed E-state index contributed by atoms with van der Waals surface area (Å²) in [7, 11) is 0. The largest absolute Gasteiger partial charge is 0.419 e. The van der Waals surface area contributed by atoms with E-state index in [1.165, 1.54) is 29.7 Å². The maximum Gasteiger partial charge on any atom is 0.419 e. The van der Waals surface area contributed by atoms with E-state index in [-0.39, 0.29) is 37.5 Å². The number of thiazole rings is 1. The van der Waals surface area contributed by atoms with Crippen LogP contribution in [0.25, 0.3) is 6.08 Å². The minimum Gasteiger partial charge on any atom is -0.352 e. The van der Waals surface area contributed by atoms with Gasteiger partial charge in [0.15, 0.2) is 5.13 Å². The van der Waals surface area contributed by atoms with Crippen molar-refractivity contribution in [3.63, 3.8) is 0 Å². The molecule has 1 atom stereocenters. The molecular formula is C20H21ClF3N5OS. The van der Waals surface area contributed by atoms with E-state index in [2.05, 4.69) is 21.9 Å². The molecule has 166 valence electrons. The molecular weight excluding hydrogens is 451 g/mol. The Labute approximate surface area is 187 Å². The van der Waals surface area contributed by atoms with Crippen LogP contribution in [-0.2, 0) is 6.18 Å². The number of piperazine rings is 1. The molecule has 3 heterocycles. The van der Waals surface area contributed by atoms with E-state index in [4.69, 9.17) is 11.6 Å². The Balaban J connectivity index is 1.69. The van der Waals surface area contributed by atoms with Gasteiger partial charge in [0.1, 0.15) is 5.82 Å². The number of hydrogen-bond acceptors (Lipinski definition) is 5. The summed E-state index contributed by atoms with van der Waals surface area (Å²) in [5, 5.41) is 3.64. The fourth-order valence-corrected chi connectivity index (χ4v) is 4.35. The summed E-state index contributed by atoms with van der Waals surface area (Å²) >= 11 is 7.25. The highest BCUT2D eigenvalue weighted by molar-refractivity contribution is 7.16. The van der Waals surface area contributed by atoms with Gasteiger partial charge in [0.05, 0.1) is 16.1 Å². The number of hydrogen-bond donors (Lipinski definition) is 1. The Morgan fingerprint density at radius 3 is 2.81 bits per heavy atom. The summed E-state index contributed by atoms with van der Waals surface area (Å²) < 4.78 is 40.0. The molecule has 0 aromatic carbocycles. The van der Waals surface area contributed by atoms with Crippen LogP contribution in [0.2, 0.25) is 0 Å². The number of halogens is 4. The molecule has 0 spiro atoms. The first kappa shape index (κ1) is 23.1. The number of allylic oxidation sites excluding steroid dienone is 2. The zero-order valence-corrected chi connectivity index (χ0v) is 18.5. The predicted octanol–water partition coefficient (Wildman–Crippen LogP) is 5.37. The Morgan fingerprint density at radius 2 is 2.16 bits per heavy atom. The number of carbonyl (C=O) groups excluding carboxylic acids is 1. The standard InChI is InChI=1S/C20H21ClF3N5OS/c1-4-14(21)10-16-13(3)26-18(31-16)27-19(30)29-9-8-28(11-12(29)2)17-15(20(22,23)24)6-5-7-25-17/h4-7,10,12H,1,8-9,11H2,2-3H3,(H,26,27,30)/b14-10+. The van der Waals surface area contributed by atoms with Gasteiger partial charge in [-0.3, -0.25) is 5.32 Å². The first-order valence-corrected chi connectivity index (χ1v) is 10.6. The first-order chi connectivity index (χ1) is 14.6. The number of alkyl halides is 3. The van der Waals surface area contributed by atoms with Crippen molar-refractivity contribution < 1.29 is 18.0 Å². The smallest absolute Gasteiger partial charge is 0.352 e. The highest BCUT2D eigenvalue weighted by Crippen LogP contribution is 2.36. The van der Waals surface area contributed by atoms with E-state index < -0.39 is 11.7 Å². The normalized spacial score (nSPS) is 17.6. The zero-order chi connectivity index (χ0) is 22.8. The second-order valence-electron chi connectivity index (χ2n) is 6.99. The summed E-state index contributed by atoms with van der Waals surface area (Å²) in [4.78, 5) is 25.0. The summed E-state index contributed by atoms with van der Waals surface area (Å²) in [6.45, 7) is 7.90. The molecule has 1 aliphatic heterocycles. The number of aryl methyl sites for hydroxylation is 1. The van der Waals surface area contributed by atoms with Gasteiger partial charge in [-0.2, -0.15) is 13.2 Å². The molecule has 1 N–H and O–H groups in total. The summed E-state index contributed by atoms with van der Waals surface area (Å²) in [6, 6.07) is 1.60. The number of pyridine rings is 1. The van der Waals surface area contributed by atoms with Crippen molar-refractivity contribution in [1.82, 2.24) is 14.9 Å². The number of carbonyl (C=O) groups is 1. The molecule has 1 unspecified atom stereocenters. The topological polar surface area (TPSA) is 61.4 Å². The lowest BCUT2D eigenvalue weighted by atomic mass is 10.1. The Morgan fingerprint density at radius 1 is 1.42 bits per heavy atom. The number of anilines is 2.